The molecule has 0 atom stereocenters. The summed E-state index contributed by atoms with van der Waals surface area (Å²) in [5.74, 6) is 1.60. The summed E-state index contributed by atoms with van der Waals surface area (Å²) in [5, 5.41) is 16.4. The zero-order valence-electron chi connectivity index (χ0n) is 13.0. The number of rotatable bonds is 3. The average molecular weight is 333 g/mol. The van der Waals surface area contributed by atoms with Crippen molar-refractivity contribution in [2.75, 3.05) is 5.32 Å². The van der Waals surface area contributed by atoms with E-state index in [4.69, 9.17) is 0 Å². The molecule has 5 heteroatoms. The van der Waals surface area contributed by atoms with Crippen molar-refractivity contribution in [3.63, 3.8) is 0 Å². The number of aromatic nitrogens is 2. The molecule has 4 aromatic rings. The zero-order chi connectivity index (χ0) is 16.5. The van der Waals surface area contributed by atoms with Crippen molar-refractivity contribution in [2.45, 2.75) is 6.92 Å². The second kappa shape index (κ2) is 5.94. The molecule has 4 rings (SSSR count). The molecule has 0 fully saturated rings. The lowest BCUT2D eigenvalue weighted by Crippen LogP contribution is -1.98. The molecule has 24 heavy (non-hydrogen) atoms. The number of phenols is 1. The molecule has 0 saturated carbocycles. The number of fused-ring (bicyclic) bond motifs is 1. The third kappa shape index (κ3) is 2.59. The van der Waals surface area contributed by atoms with Gasteiger partial charge in [0.1, 0.15) is 22.2 Å². The Hall–Kier alpha value is -2.92. The van der Waals surface area contributed by atoms with Gasteiger partial charge in [-0.25, -0.2) is 9.97 Å². The smallest absolute Gasteiger partial charge is 0.143 e. The second-order valence-corrected chi connectivity index (χ2v) is 6.32. The van der Waals surface area contributed by atoms with Gasteiger partial charge >= 0.3 is 0 Å². The number of para-hydroxylation sites is 2. The molecule has 0 saturated heterocycles. The predicted octanol–water partition coefficient (Wildman–Crippen LogP) is 5.12. The van der Waals surface area contributed by atoms with E-state index in [1.165, 1.54) is 0 Å². The van der Waals surface area contributed by atoms with Crippen LogP contribution in [0.2, 0.25) is 0 Å². The van der Waals surface area contributed by atoms with Crippen molar-refractivity contribution in [3.8, 4) is 16.9 Å². The first kappa shape index (κ1) is 14.7. The Morgan fingerprint density at radius 2 is 1.71 bits per heavy atom. The maximum absolute atomic E-state index is 10.0. The average Bonchev–Trinajstić information content (AvgIpc) is 3.01. The Kier molecular flexibility index (Phi) is 3.63. The first-order valence-electron chi connectivity index (χ1n) is 7.58. The highest BCUT2D eigenvalue weighted by Crippen LogP contribution is 2.38. The third-order valence-corrected chi connectivity index (χ3v) is 4.66. The molecule has 0 aliphatic rings. The van der Waals surface area contributed by atoms with Crippen LogP contribution < -0.4 is 5.32 Å². The molecule has 0 unspecified atom stereocenters. The quantitative estimate of drug-likeness (QED) is 0.511. The van der Waals surface area contributed by atoms with Gasteiger partial charge in [-0.05, 0) is 24.6 Å². The molecule has 0 aliphatic heterocycles. The first-order chi connectivity index (χ1) is 11.7. The summed E-state index contributed by atoms with van der Waals surface area (Å²) in [7, 11) is 0. The lowest BCUT2D eigenvalue weighted by atomic mass is 10.1. The highest BCUT2D eigenvalue weighted by Gasteiger charge is 2.15. The van der Waals surface area contributed by atoms with Gasteiger partial charge in [-0.2, -0.15) is 0 Å². The van der Waals surface area contributed by atoms with Crippen molar-refractivity contribution in [2.24, 2.45) is 0 Å². The monoisotopic (exact) mass is 333 g/mol. The van der Waals surface area contributed by atoms with Crippen molar-refractivity contribution < 1.29 is 5.11 Å². The van der Waals surface area contributed by atoms with Crippen LogP contribution in [0.15, 0.2) is 60.0 Å². The largest absolute Gasteiger partial charge is 0.506 e. The van der Waals surface area contributed by atoms with Crippen molar-refractivity contribution in [1.82, 2.24) is 9.97 Å². The summed E-state index contributed by atoms with van der Waals surface area (Å²) in [6.45, 7) is 1.87. The number of phenolic OH excluding ortho intramolecular Hbond substituents is 1. The SMILES string of the molecule is Cc1nc(Nc2ccccc2O)c2c(-c3ccccc3)csc2n1. The molecule has 0 bridgehead atoms. The summed E-state index contributed by atoms with van der Waals surface area (Å²) in [6, 6.07) is 17.3. The Morgan fingerprint density at radius 3 is 2.50 bits per heavy atom. The summed E-state index contributed by atoms with van der Waals surface area (Å²) in [4.78, 5) is 10.1. The van der Waals surface area contributed by atoms with E-state index in [0.717, 1.165) is 21.3 Å². The molecule has 4 nitrogen and oxygen atoms in total. The standard InChI is InChI=1S/C19H15N3OS/c1-12-20-18(22-15-9-5-6-10-16(15)23)17-14(11-24-19(17)21-12)13-7-3-2-4-8-13/h2-11,23H,1H3,(H,20,21,22). The van der Waals surface area contributed by atoms with E-state index in [0.29, 0.717) is 17.3 Å². The fourth-order valence-electron chi connectivity index (χ4n) is 2.68. The van der Waals surface area contributed by atoms with Crippen molar-refractivity contribution >= 4 is 33.1 Å². The van der Waals surface area contributed by atoms with Crippen LogP contribution in [0, 0.1) is 6.92 Å². The van der Waals surface area contributed by atoms with E-state index in [2.05, 4.69) is 32.8 Å². The lowest BCUT2D eigenvalue weighted by molar-refractivity contribution is 0.477. The van der Waals surface area contributed by atoms with Gasteiger partial charge in [-0.3, -0.25) is 0 Å². The first-order valence-corrected chi connectivity index (χ1v) is 8.46. The van der Waals surface area contributed by atoms with Crippen LogP contribution in [0.1, 0.15) is 5.82 Å². The van der Waals surface area contributed by atoms with Crippen LogP contribution in [0.5, 0.6) is 5.75 Å². The second-order valence-electron chi connectivity index (χ2n) is 5.46. The zero-order valence-corrected chi connectivity index (χ0v) is 13.8. The molecular weight excluding hydrogens is 318 g/mol. The summed E-state index contributed by atoms with van der Waals surface area (Å²) < 4.78 is 0. The minimum atomic E-state index is 0.193. The number of hydrogen-bond acceptors (Lipinski definition) is 5. The molecule has 0 amide bonds. The fourth-order valence-corrected chi connectivity index (χ4v) is 3.67. The molecule has 0 aliphatic carbocycles. The maximum atomic E-state index is 10.0. The number of aryl methyl sites for hydroxylation is 1. The minimum absolute atomic E-state index is 0.193. The third-order valence-electron chi connectivity index (χ3n) is 3.79. The normalized spacial score (nSPS) is 10.9. The van der Waals surface area contributed by atoms with E-state index in [-0.39, 0.29) is 5.75 Å². The van der Waals surface area contributed by atoms with Gasteiger partial charge in [0, 0.05) is 10.9 Å². The highest BCUT2D eigenvalue weighted by atomic mass is 32.1. The van der Waals surface area contributed by atoms with Gasteiger partial charge in [0.15, 0.2) is 0 Å². The molecule has 118 valence electrons. The molecule has 2 aromatic carbocycles. The molecule has 0 spiro atoms. The number of thiophene rings is 1. The van der Waals surface area contributed by atoms with Gasteiger partial charge in [0.05, 0.1) is 11.1 Å². The van der Waals surface area contributed by atoms with Crippen LogP contribution in [0.4, 0.5) is 11.5 Å². The van der Waals surface area contributed by atoms with Gasteiger partial charge in [-0.1, -0.05) is 42.5 Å². The Balaban J connectivity index is 1.91. The Morgan fingerprint density at radius 1 is 0.958 bits per heavy atom. The number of nitrogens with one attached hydrogen (secondary N) is 1. The fraction of sp³-hybridized carbons (Fsp3) is 0.0526. The number of benzene rings is 2. The van der Waals surface area contributed by atoms with Gasteiger partial charge in [0.25, 0.3) is 0 Å². The number of anilines is 2. The van der Waals surface area contributed by atoms with E-state index < -0.39 is 0 Å². The summed E-state index contributed by atoms with van der Waals surface area (Å²) in [6.07, 6.45) is 0. The van der Waals surface area contributed by atoms with Crippen LogP contribution in [0.3, 0.4) is 0 Å². The minimum Gasteiger partial charge on any atom is -0.506 e. The van der Waals surface area contributed by atoms with Crippen LogP contribution in [-0.4, -0.2) is 15.1 Å². The molecular formula is C19H15N3OS. The van der Waals surface area contributed by atoms with Crippen LogP contribution in [-0.2, 0) is 0 Å². The number of nitrogens with zero attached hydrogens (tertiary/aromatic N) is 2. The summed E-state index contributed by atoms with van der Waals surface area (Å²) in [5.41, 5.74) is 2.84. The predicted molar refractivity (Wildman–Crippen MR) is 99.0 cm³/mol. The van der Waals surface area contributed by atoms with E-state index in [9.17, 15) is 5.11 Å². The van der Waals surface area contributed by atoms with Crippen molar-refractivity contribution in [3.05, 3.63) is 65.8 Å². The number of hydrogen-bond donors (Lipinski definition) is 2. The van der Waals surface area contributed by atoms with E-state index in [1.807, 2.05) is 37.3 Å². The lowest BCUT2D eigenvalue weighted by Gasteiger charge is -2.10. The highest BCUT2D eigenvalue weighted by molar-refractivity contribution is 7.17. The Bertz CT molecular complexity index is 1010. The Labute approximate surface area is 143 Å². The van der Waals surface area contributed by atoms with Gasteiger partial charge < -0.3 is 10.4 Å². The number of aromatic hydroxyl groups is 1. The van der Waals surface area contributed by atoms with E-state index >= 15 is 0 Å². The van der Waals surface area contributed by atoms with Crippen LogP contribution in [0.25, 0.3) is 21.3 Å². The van der Waals surface area contributed by atoms with Crippen LogP contribution >= 0.6 is 11.3 Å². The molecule has 2 heterocycles. The molecule has 0 radical (unpaired) electrons. The van der Waals surface area contributed by atoms with Crippen molar-refractivity contribution in [1.29, 1.82) is 0 Å². The van der Waals surface area contributed by atoms with Gasteiger partial charge in [-0.15, -0.1) is 11.3 Å². The van der Waals surface area contributed by atoms with E-state index in [1.54, 1.807) is 23.5 Å². The summed E-state index contributed by atoms with van der Waals surface area (Å²) >= 11 is 1.60. The van der Waals surface area contributed by atoms with Gasteiger partial charge in [0.2, 0.25) is 0 Å². The molecule has 2 aromatic heterocycles. The topological polar surface area (TPSA) is 58.0 Å². The maximum Gasteiger partial charge on any atom is 0.143 e. The molecule has 2 N–H and O–H groups in total.